The van der Waals surface area contributed by atoms with E-state index < -0.39 is 0 Å². The van der Waals surface area contributed by atoms with Crippen LogP contribution >= 0.6 is 0 Å². The molecular formula is C16H19FN4O2. The highest BCUT2D eigenvalue weighted by atomic mass is 19.1. The summed E-state index contributed by atoms with van der Waals surface area (Å²) in [7, 11) is 3.23. The zero-order valence-corrected chi connectivity index (χ0v) is 13.3. The summed E-state index contributed by atoms with van der Waals surface area (Å²) in [6.07, 6.45) is 0. The maximum Gasteiger partial charge on any atom is 0.269 e. The van der Waals surface area contributed by atoms with E-state index in [9.17, 15) is 14.0 Å². The Morgan fingerprint density at radius 3 is 2.65 bits per heavy atom. The van der Waals surface area contributed by atoms with Gasteiger partial charge in [-0.15, -0.1) is 0 Å². The lowest BCUT2D eigenvalue weighted by Crippen LogP contribution is -2.38. The third-order valence-electron chi connectivity index (χ3n) is 3.43. The monoisotopic (exact) mass is 318 g/mol. The number of benzene rings is 1. The van der Waals surface area contributed by atoms with Crippen LogP contribution < -0.4 is 5.32 Å². The summed E-state index contributed by atoms with van der Waals surface area (Å²) in [5, 5.41) is 6.63. The molecule has 2 aromatic rings. The zero-order chi connectivity index (χ0) is 17.0. The molecule has 122 valence electrons. The van der Waals surface area contributed by atoms with Crippen LogP contribution in [-0.4, -0.2) is 40.1 Å². The number of carbonyl (C=O) groups excluding carboxylic acids is 2. The molecule has 0 aliphatic heterocycles. The van der Waals surface area contributed by atoms with Gasteiger partial charge in [-0.2, -0.15) is 5.10 Å². The van der Waals surface area contributed by atoms with Crippen molar-refractivity contribution in [1.82, 2.24) is 20.0 Å². The van der Waals surface area contributed by atoms with Crippen molar-refractivity contribution < 1.29 is 14.0 Å². The van der Waals surface area contributed by atoms with Crippen LogP contribution in [0.2, 0.25) is 0 Å². The first-order valence-corrected chi connectivity index (χ1v) is 7.14. The van der Waals surface area contributed by atoms with Crippen LogP contribution in [0.15, 0.2) is 30.3 Å². The molecule has 1 aromatic heterocycles. The molecule has 6 nitrogen and oxygen atoms in total. The maximum atomic E-state index is 13.6. The fourth-order valence-corrected chi connectivity index (χ4v) is 2.17. The minimum absolute atomic E-state index is 0.145. The summed E-state index contributed by atoms with van der Waals surface area (Å²) < 4.78 is 15.0. The van der Waals surface area contributed by atoms with Gasteiger partial charge in [-0.05, 0) is 19.1 Å². The molecule has 0 aliphatic carbocycles. The lowest BCUT2D eigenvalue weighted by molar-refractivity contribution is -0.129. The van der Waals surface area contributed by atoms with E-state index in [2.05, 4.69) is 10.4 Å². The number of aryl methyl sites for hydroxylation is 2. The van der Waals surface area contributed by atoms with E-state index in [1.54, 1.807) is 45.3 Å². The van der Waals surface area contributed by atoms with Gasteiger partial charge in [0.05, 0.1) is 12.2 Å². The molecule has 1 aromatic carbocycles. The quantitative estimate of drug-likeness (QED) is 0.902. The van der Waals surface area contributed by atoms with Gasteiger partial charge >= 0.3 is 0 Å². The van der Waals surface area contributed by atoms with Crippen molar-refractivity contribution in [1.29, 1.82) is 0 Å². The summed E-state index contributed by atoms with van der Waals surface area (Å²) in [5.74, 6) is -1.04. The van der Waals surface area contributed by atoms with Crippen LogP contribution in [0.25, 0.3) is 0 Å². The number of nitrogens with zero attached hydrogens (tertiary/aromatic N) is 3. The number of carbonyl (C=O) groups is 2. The van der Waals surface area contributed by atoms with Crippen LogP contribution in [0.1, 0.15) is 21.7 Å². The number of amides is 2. The van der Waals surface area contributed by atoms with Gasteiger partial charge in [0, 0.05) is 26.2 Å². The zero-order valence-electron chi connectivity index (χ0n) is 13.3. The first-order valence-electron chi connectivity index (χ1n) is 7.14. The lowest BCUT2D eigenvalue weighted by Gasteiger charge is -2.18. The molecule has 7 heteroatoms. The Labute approximate surface area is 133 Å². The van der Waals surface area contributed by atoms with Gasteiger partial charge < -0.3 is 10.2 Å². The van der Waals surface area contributed by atoms with Gasteiger partial charge in [0.15, 0.2) is 0 Å². The van der Waals surface area contributed by atoms with E-state index in [1.165, 1.54) is 15.6 Å². The highest BCUT2D eigenvalue weighted by molar-refractivity contribution is 5.95. The van der Waals surface area contributed by atoms with Gasteiger partial charge in [0.25, 0.3) is 5.91 Å². The van der Waals surface area contributed by atoms with Crippen molar-refractivity contribution in [2.45, 2.75) is 13.5 Å². The van der Waals surface area contributed by atoms with E-state index in [0.29, 0.717) is 11.3 Å². The molecule has 0 atom stereocenters. The van der Waals surface area contributed by atoms with Gasteiger partial charge in [-0.1, -0.05) is 18.2 Å². The molecule has 0 unspecified atom stereocenters. The number of aromatic nitrogens is 2. The average molecular weight is 318 g/mol. The lowest BCUT2D eigenvalue weighted by atomic mass is 10.2. The number of nitrogens with one attached hydrogen (secondary N) is 1. The van der Waals surface area contributed by atoms with Crippen molar-refractivity contribution in [3.8, 4) is 0 Å². The van der Waals surface area contributed by atoms with Crippen molar-refractivity contribution in [3.05, 3.63) is 53.1 Å². The minimum Gasteiger partial charge on any atom is -0.342 e. The summed E-state index contributed by atoms with van der Waals surface area (Å²) in [6.45, 7) is 1.77. The third kappa shape index (κ3) is 4.15. The van der Waals surface area contributed by atoms with Crippen molar-refractivity contribution in [2.75, 3.05) is 13.6 Å². The second-order valence-corrected chi connectivity index (χ2v) is 5.32. The first-order chi connectivity index (χ1) is 10.9. The van der Waals surface area contributed by atoms with E-state index in [0.717, 1.165) is 5.69 Å². The average Bonchev–Trinajstić information content (AvgIpc) is 2.85. The van der Waals surface area contributed by atoms with Gasteiger partial charge in [0.1, 0.15) is 11.5 Å². The maximum absolute atomic E-state index is 13.6. The highest BCUT2D eigenvalue weighted by Gasteiger charge is 2.15. The van der Waals surface area contributed by atoms with E-state index >= 15 is 0 Å². The molecular weight excluding hydrogens is 299 g/mol. The molecule has 0 aliphatic rings. The summed E-state index contributed by atoms with van der Waals surface area (Å²) in [5.41, 5.74) is 1.53. The number of halogens is 1. The number of hydrogen-bond donors (Lipinski definition) is 1. The molecule has 0 fully saturated rings. The second kappa shape index (κ2) is 7.04. The molecule has 0 saturated carbocycles. The number of rotatable bonds is 5. The summed E-state index contributed by atoms with van der Waals surface area (Å²) >= 11 is 0. The molecule has 0 spiro atoms. The highest BCUT2D eigenvalue weighted by Crippen LogP contribution is 2.08. The molecule has 23 heavy (non-hydrogen) atoms. The molecule has 1 heterocycles. The number of hydrogen-bond acceptors (Lipinski definition) is 3. The van der Waals surface area contributed by atoms with Crippen LogP contribution in [0.5, 0.6) is 0 Å². The Bertz CT molecular complexity index is 727. The van der Waals surface area contributed by atoms with Gasteiger partial charge in [0.2, 0.25) is 5.91 Å². The van der Waals surface area contributed by atoms with Crippen LogP contribution in [0.4, 0.5) is 4.39 Å². The Kier molecular flexibility index (Phi) is 5.10. The fraction of sp³-hybridized carbons (Fsp3) is 0.312. The SMILES string of the molecule is Cc1cc(C(=O)NCC(=O)N(C)Cc2ccccc2F)n(C)n1. The van der Waals surface area contributed by atoms with E-state index in [-0.39, 0.29) is 30.7 Å². The second-order valence-electron chi connectivity index (χ2n) is 5.32. The smallest absolute Gasteiger partial charge is 0.269 e. The Hall–Kier alpha value is -2.70. The van der Waals surface area contributed by atoms with Crippen LogP contribution in [0.3, 0.4) is 0 Å². The van der Waals surface area contributed by atoms with Crippen LogP contribution in [0, 0.1) is 12.7 Å². The standard InChI is InChI=1S/C16H19FN4O2/c1-11-8-14(21(3)19-11)16(23)18-9-15(22)20(2)10-12-6-4-5-7-13(12)17/h4-8H,9-10H2,1-3H3,(H,18,23). The molecule has 0 radical (unpaired) electrons. The Balaban J connectivity index is 1.90. The van der Waals surface area contributed by atoms with Gasteiger partial charge in [-0.3, -0.25) is 14.3 Å². The van der Waals surface area contributed by atoms with E-state index in [1.807, 2.05) is 0 Å². The minimum atomic E-state index is -0.374. The predicted molar refractivity (Wildman–Crippen MR) is 83.2 cm³/mol. The largest absolute Gasteiger partial charge is 0.342 e. The van der Waals surface area contributed by atoms with Crippen molar-refractivity contribution in [2.24, 2.45) is 7.05 Å². The Morgan fingerprint density at radius 1 is 1.35 bits per heavy atom. The summed E-state index contributed by atoms with van der Waals surface area (Å²) in [6, 6.07) is 7.92. The predicted octanol–water partition coefficient (Wildman–Crippen LogP) is 1.26. The normalized spacial score (nSPS) is 10.4. The van der Waals surface area contributed by atoms with E-state index in [4.69, 9.17) is 0 Å². The van der Waals surface area contributed by atoms with Crippen molar-refractivity contribution in [3.63, 3.8) is 0 Å². The molecule has 2 amide bonds. The molecule has 1 N–H and O–H groups in total. The number of likely N-dealkylation sites (N-methyl/N-ethyl adjacent to an activating group) is 1. The van der Waals surface area contributed by atoms with Crippen LogP contribution in [-0.2, 0) is 18.4 Å². The van der Waals surface area contributed by atoms with Gasteiger partial charge in [-0.25, -0.2) is 4.39 Å². The molecule has 0 saturated heterocycles. The summed E-state index contributed by atoms with van der Waals surface area (Å²) in [4.78, 5) is 25.4. The molecule has 0 bridgehead atoms. The third-order valence-corrected chi connectivity index (χ3v) is 3.43. The first kappa shape index (κ1) is 16.7. The Morgan fingerprint density at radius 2 is 2.04 bits per heavy atom. The van der Waals surface area contributed by atoms with Crippen molar-refractivity contribution >= 4 is 11.8 Å². The topological polar surface area (TPSA) is 67.2 Å². The fourth-order valence-electron chi connectivity index (χ4n) is 2.17. The molecule has 2 rings (SSSR count).